The van der Waals surface area contributed by atoms with Crippen molar-refractivity contribution in [2.75, 3.05) is 18.5 Å². The highest BCUT2D eigenvalue weighted by Crippen LogP contribution is 2.35. The second kappa shape index (κ2) is 12.0. The van der Waals surface area contributed by atoms with Crippen LogP contribution in [0.1, 0.15) is 34.7 Å². The molecule has 0 aliphatic carbocycles. The molecule has 0 spiro atoms. The summed E-state index contributed by atoms with van der Waals surface area (Å²) >= 11 is 0.916. The van der Waals surface area contributed by atoms with Gasteiger partial charge in [-0.15, -0.1) is 0 Å². The number of aryl methyl sites for hydroxylation is 3. The fourth-order valence-corrected chi connectivity index (χ4v) is 4.75. The van der Waals surface area contributed by atoms with Crippen LogP contribution >= 0.6 is 11.8 Å². The number of amides is 3. The van der Waals surface area contributed by atoms with Gasteiger partial charge >= 0.3 is 0 Å². The second-order valence-corrected chi connectivity index (χ2v) is 9.96. The van der Waals surface area contributed by atoms with Crippen molar-refractivity contribution in [2.24, 2.45) is 0 Å². The Morgan fingerprint density at radius 3 is 2.45 bits per heavy atom. The van der Waals surface area contributed by atoms with Crippen molar-refractivity contribution in [3.8, 4) is 11.5 Å². The first kappa shape index (κ1) is 27.0. The quantitative estimate of drug-likeness (QED) is 0.329. The van der Waals surface area contributed by atoms with Gasteiger partial charge in [-0.3, -0.25) is 19.3 Å². The minimum Gasteiger partial charge on any atom is -0.490 e. The lowest BCUT2D eigenvalue weighted by Gasteiger charge is -2.14. The molecular weight excluding hydrogens is 500 g/mol. The Morgan fingerprint density at radius 2 is 1.71 bits per heavy atom. The first-order chi connectivity index (χ1) is 18.2. The third-order valence-corrected chi connectivity index (χ3v) is 7.09. The number of ether oxygens (including phenoxy) is 2. The van der Waals surface area contributed by atoms with Crippen molar-refractivity contribution in [2.45, 2.75) is 34.2 Å². The van der Waals surface area contributed by atoms with E-state index in [9.17, 15) is 14.4 Å². The van der Waals surface area contributed by atoms with Crippen LogP contribution < -0.4 is 14.8 Å². The maximum Gasteiger partial charge on any atom is 0.293 e. The SMILES string of the molecule is CCOc1cc(/C=C2\SC(=O)N(Cc3ccccc3C)C2=O)ccc1OCC(=O)Nc1ccc(C)c(C)c1. The van der Waals surface area contributed by atoms with E-state index >= 15 is 0 Å². The molecule has 3 aromatic carbocycles. The van der Waals surface area contributed by atoms with Crippen molar-refractivity contribution >= 4 is 40.6 Å². The molecule has 1 fully saturated rings. The van der Waals surface area contributed by atoms with Crippen LogP contribution in [0.5, 0.6) is 11.5 Å². The first-order valence-electron chi connectivity index (χ1n) is 12.3. The first-order valence-corrected chi connectivity index (χ1v) is 13.1. The summed E-state index contributed by atoms with van der Waals surface area (Å²) in [5, 5.41) is 2.53. The highest BCUT2D eigenvalue weighted by atomic mass is 32.2. The number of imide groups is 1. The number of carbonyl (C=O) groups excluding carboxylic acids is 3. The number of rotatable bonds is 9. The highest BCUT2D eigenvalue weighted by molar-refractivity contribution is 8.18. The topological polar surface area (TPSA) is 84.9 Å². The van der Waals surface area contributed by atoms with E-state index in [2.05, 4.69) is 5.32 Å². The molecule has 0 radical (unpaired) electrons. The summed E-state index contributed by atoms with van der Waals surface area (Å²) < 4.78 is 11.5. The minimum absolute atomic E-state index is 0.190. The standard InChI is InChI=1S/C30H30N2O5S/c1-5-36-26-15-22(11-13-25(26)37-18-28(33)31-24-12-10-19(2)21(4)14-24)16-27-29(34)32(30(35)38-27)17-23-9-7-6-8-20(23)3/h6-16H,5,17-18H2,1-4H3,(H,31,33)/b27-16-. The fourth-order valence-electron chi connectivity index (χ4n) is 3.91. The number of thioether (sulfide) groups is 1. The highest BCUT2D eigenvalue weighted by Gasteiger charge is 2.35. The summed E-state index contributed by atoms with van der Waals surface area (Å²) in [6, 6.07) is 18.6. The normalized spacial score (nSPS) is 14.2. The molecule has 0 atom stereocenters. The van der Waals surface area contributed by atoms with E-state index < -0.39 is 0 Å². The predicted molar refractivity (Wildman–Crippen MR) is 150 cm³/mol. The lowest BCUT2D eigenvalue weighted by molar-refractivity contribution is -0.123. The number of carbonyl (C=O) groups is 3. The Bertz CT molecular complexity index is 1420. The van der Waals surface area contributed by atoms with Crippen molar-refractivity contribution in [1.29, 1.82) is 0 Å². The molecule has 3 aromatic rings. The van der Waals surface area contributed by atoms with Crippen molar-refractivity contribution in [3.05, 3.63) is 93.4 Å². The van der Waals surface area contributed by atoms with Crippen LogP contribution in [0.25, 0.3) is 6.08 Å². The van der Waals surface area contributed by atoms with Crippen LogP contribution in [0.3, 0.4) is 0 Å². The summed E-state index contributed by atoms with van der Waals surface area (Å²) in [6.07, 6.45) is 1.67. The van der Waals surface area contributed by atoms with Gasteiger partial charge in [0.05, 0.1) is 18.1 Å². The number of nitrogens with zero attached hydrogens (tertiary/aromatic N) is 1. The lowest BCUT2D eigenvalue weighted by Crippen LogP contribution is -2.27. The van der Waals surface area contributed by atoms with E-state index in [-0.39, 0.29) is 30.2 Å². The van der Waals surface area contributed by atoms with Crippen LogP contribution in [-0.4, -0.2) is 35.2 Å². The molecule has 4 rings (SSSR count). The predicted octanol–water partition coefficient (Wildman–Crippen LogP) is 6.26. The van der Waals surface area contributed by atoms with Crippen LogP contribution in [0.2, 0.25) is 0 Å². The number of hydrogen-bond donors (Lipinski definition) is 1. The Hall–Kier alpha value is -4.04. The molecule has 3 amide bonds. The maximum atomic E-state index is 13.0. The van der Waals surface area contributed by atoms with E-state index in [4.69, 9.17) is 9.47 Å². The van der Waals surface area contributed by atoms with E-state index in [1.807, 2.05) is 70.2 Å². The van der Waals surface area contributed by atoms with Crippen molar-refractivity contribution in [3.63, 3.8) is 0 Å². The van der Waals surface area contributed by atoms with Gasteiger partial charge in [0.2, 0.25) is 0 Å². The van der Waals surface area contributed by atoms with Gasteiger partial charge in [-0.25, -0.2) is 0 Å². The van der Waals surface area contributed by atoms with Gasteiger partial charge in [0.1, 0.15) is 0 Å². The molecule has 38 heavy (non-hydrogen) atoms. The summed E-state index contributed by atoms with van der Waals surface area (Å²) in [5.74, 6) is 0.234. The molecule has 8 heteroatoms. The largest absolute Gasteiger partial charge is 0.490 e. The molecule has 7 nitrogen and oxygen atoms in total. The molecule has 0 bridgehead atoms. The van der Waals surface area contributed by atoms with E-state index in [1.54, 1.807) is 24.3 Å². The zero-order valence-electron chi connectivity index (χ0n) is 21.9. The number of benzene rings is 3. The Labute approximate surface area is 226 Å². The van der Waals surface area contributed by atoms with Crippen molar-refractivity contribution < 1.29 is 23.9 Å². The van der Waals surface area contributed by atoms with Gasteiger partial charge in [-0.2, -0.15) is 0 Å². The lowest BCUT2D eigenvalue weighted by atomic mass is 10.1. The maximum absolute atomic E-state index is 13.0. The summed E-state index contributed by atoms with van der Waals surface area (Å²) in [7, 11) is 0. The Balaban J connectivity index is 1.44. The smallest absolute Gasteiger partial charge is 0.293 e. The van der Waals surface area contributed by atoms with Gasteiger partial charge in [-0.05, 0) is 97.6 Å². The Kier molecular flexibility index (Phi) is 8.53. The summed E-state index contributed by atoms with van der Waals surface area (Å²) in [4.78, 5) is 39.6. The third-order valence-electron chi connectivity index (χ3n) is 6.18. The van der Waals surface area contributed by atoms with Crippen LogP contribution in [-0.2, 0) is 16.1 Å². The zero-order valence-corrected chi connectivity index (χ0v) is 22.7. The average Bonchev–Trinajstić information content (AvgIpc) is 3.14. The van der Waals surface area contributed by atoms with E-state index in [1.165, 1.54) is 4.90 Å². The van der Waals surface area contributed by atoms with Gasteiger partial charge in [0.25, 0.3) is 17.1 Å². The molecular formula is C30H30N2O5S. The average molecular weight is 531 g/mol. The van der Waals surface area contributed by atoms with E-state index in [0.717, 1.165) is 34.0 Å². The zero-order chi connectivity index (χ0) is 27.2. The summed E-state index contributed by atoms with van der Waals surface area (Å²) in [5.41, 5.74) is 5.58. The molecule has 1 aliphatic heterocycles. The minimum atomic E-state index is -0.329. The molecule has 1 saturated heterocycles. The molecule has 1 heterocycles. The molecule has 196 valence electrons. The number of anilines is 1. The molecule has 0 aromatic heterocycles. The van der Waals surface area contributed by atoms with Crippen molar-refractivity contribution in [1.82, 2.24) is 4.90 Å². The van der Waals surface area contributed by atoms with Gasteiger partial charge < -0.3 is 14.8 Å². The fraction of sp³-hybridized carbons (Fsp3) is 0.233. The van der Waals surface area contributed by atoms with Crippen LogP contribution in [0, 0.1) is 20.8 Å². The molecule has 1 N–H and O–H groups in total. The van der Waals surface area contributed by atoms with Gasteiger partial charge in [0, 0.05) is 5.69 Å². The third kappa shape index (κ3) is 6.44. The Morgan fingerprint density at radius 1 is 0.921 bits per heavy atom. The molecule has 0 saturated carbocycles. The van der Waals surface area contributed by atoms with Gasteiger partial charge in [0.15, 0.2) is 18.1 Å². The second-order valence-electron chi connectivity index (χ2n) is 8.97. The van der Waals surface area contributed by atoms with Crippen LogP contribution in [0.4, 0.5) is 10.5 Å². The summed E-state index contributed by atoms with van der Waals surface area (Å²) in [6.45, 7) is 8.24. The van der Waals surface area contributed by atoms with Gasteiger partial charge in [-0.1, -0.05) is 36.4 Å². The van der Waals surface area contributed by atoms with E-state index in [0.29, 0.717) is 34.3 Å². The number of hydrogen-bond acceptors (Lipinski definition) is 6. The number of nitrogens with one attached hydrogen (secondary N) is 1. The molecule has 1 aliphatic rings. The monoisotopic (exact) mass is 530 g/mol. The molecule has 0 unspecified atom stereocenters. The van der Waals surface area contributed by atoms with Crippen LogP contribution in [0.15, 0.2) is 65.6 Å².